The standard InChI is InChI=1S/C16H26N4O3S/c1-19-9-8-18-16(19)14-12-17-7-10-20(14)15(21)6-11-24(22,23)13-4-2-3-5-13/h8-9,13-14,17H,2-7,10-12H2,1H3. The number of rotatable bonds is 5. The van der Waals surface area contributed by atoms with Crippen molar-refractivity contribution < 1.29 is 13.2 Å². The highest BCUT2D eigenvalue weighted by Crippen LogP contribution is 2.26. The van der Waals surface area contributed by atoms with Crippen molar-refractivity contribution in [1.82, 2.24) is 19.8 Å². The van der Waals surface area contributed by atoms with Gasteiger partial charge in [-0.05, 0) is 12.8 Å². The summed E-state index contributed by atoms with van der Waals surface area (Å²) in [6.45, 7) is 1.95. The van der Waals surface area contributed by atoms with Crippen LogP contribution in [0.1, 0.15) is 44.0 Å². The Morgan fingerprint density at radius 3 is 2.79 bits per heavy atom. The quantitative estimate of drug-likeness (QED) is 0.839. The van der Waals surface area contributed by atoms with E-state index in [1.165, 1.54) is 0 Å². The Balaban J connectivity index is 1.65. The summed E-state index contributed by atoms with van der Waals surface area (Å²) in [5.74, 6) is 0.702. The molecule has 1 aromatic rings. The normalized spacial score (nSPS) is 22.9. The largest absolute Gasteiger partial charge is 0.336 e. The van der Waals surface area contributed by atoms with E-state index in [9.17, 15) is 13.2 Å². The highest BCUT2D eigenvalue weighted by atomic mass is 32.2. The van der Waals surface area contributed by atoms with Crippen molar-refractivity contribution in [2.24, 2.45) is 7.05 Å². The van der Waals surface area contributed by atoms with Crippen LogP contribution in [0.4, 0.5) is 0 Å². The third kappa shape index (κ3) is 3.64. The van der Waals surface area contributed by atoms with Crippen molar-refractivity contribution in [3.63, 3.8) is 0 Å². The summed E-state index contributed by atoms with van der Waals surface area (Å²) in [4.78, 5) is 18.8. The zero-order valence-corrected chi connectivity index (χ0v) is 15.0. The second-order valence-electron chi connectivity index (χ2n) is 6.73. The lowest BCUT2D eigenvalue weighted by Gasteiger charge is -2.35. The van der Waals surface area contributed by atoms with E-state index in [0.717, 1.165) is 38.1 Å². The first-order valence-corrected chi connectivity index (χ1v) is 10.4. The lowest BCUT2D eigenvalue weighted by atomic mass is 10.1. The molecule has 3 rings (SSSR count). The summed E-state index contributed by atoms with van der Waals surface area (Å²) in [7, 11) is -1.25. The van der Waals surface area contributed by atoms with Crippen LogP contribution in [0.2, 0.25) is 0 Å². The maximum absolute atomic E-state index is 12.7. The Labute approximate surface area is 143 Å². The number of hydrogen-bond donors (Lipinski definition) is 1. The zero-order chi connectivity index (χ0) is 17.2. The first-order valence-electron chi connectivity index (χ1n) is 8.68. The van der Waals surface area contributed by atoms with Crippen LogP contribution in [0, 0.1) is 0 Å². The SMILES string of the molecule is Cn1ccnc1C1CNCCN1C(=O)CCS(=O)(=O)C1CCCC1. The van der Waals surface area contributed by atoms with Gasteiger partial charge in [-0.15, -0.1) is 0 Å². The van der Waals surface area contributed by atoms with E-state index in [1.54, 1.807) is 11.1 Å². The van der Waals surface area contributed by atoms with Gasteiger partial charge in [-0.3, -0.25) is 4.79 Å². The van der Waals surface area contributed by atoms with Crippen molar-refractivity contribution in [2.75, 3.05) is 25.4 Å². The molecule has 2 fully saturated rings. The second kappa shape index (κ2) is 7.23. The van der Waals surface area contributed by atoms with Crippen molar-refractivity contribution in [1.29, 1.82) is 0 Å². The number of hydrogen-bond acceptors (Lipinski definition) is 5. The number of nitrogens with zero attached hydrogens (tertiary/aromatic N) is 3. The van der Waals surface area contributed by atoms with Crippen molar-refractivity contribution in [3.8, 4) is 0 Å². The third-order valence-electron chi connectivity index (χ3n) is 5.13. The molecule has 134 valence electrons. The molecule has 1 amide bonds. The molecule has 2 aliphatic rings. The fraction of sp³-hybridized carbons (Fsp3) is 0.750. The van der Waals surface area contributed by atoms with E-state index in [-0.39, 0.29) is 29.4 Å². The van der Waals surface area contributed by atoms with Gasteiger partial charge >= 0.3 is 0 Å². The van der Waals surface area contributed by atoms with Crippen LogP contribution < -0.4 is 5.32 Å². The highest BCUT2D eigenvalue weighted by molar-refractivity contribution is 7.92. The summed E-state index contributed by atoms with van der Waals surface area (Å²) in [6.07, 6.45) is 7.11. The van der Waals surface area contributed by atoms with E-state index in [4.69, 9.17) is 0 Å². The molecule has 1 saturated heterocycles. The minimum atomic E-state index is -3.16. The van der Waals surface area contributed by atoms with Gasteiger partial charge in [-0.1, -0.05) is 12.8 Å². The lowest BCUT2D eigenvalue weighted by molar-refractivity contribution is -0.134. The number of aryl methyl sites for hydroxylation is 1. The predicted octanol–water partition coefficient (Wildman–Crippen LogP) is 0.641. The number of nitrogens with one attached hydrogen (secondary N) is 1. The minimum Gasteiger partial charge on any atom is -0.336 e. The molecule has 8 heteroatoms. The van der Waals surface area contributed by atoms with Crippen LogP contribution in [0.3, 0.4) is 0 Å². The monoisotopic (exact) mass is 354 g/mol. The van der Waals surface area contributed by atoms with Crippen LogP contribution in [-0.2, 0) is 21.7 Å². The van der Waals surface area contributed by atoms with Gasteiger partial charge in [-0.25, -0.2) is 13.4 Å². The number of amides is 1. The molecule has 1 aliphatic heterocycles. The fourth-order valence-electron chi connectivity index (χ4n) is 3.72. The fourth-order valence-corrected chi connectivity index (χ4v) is 5.56. The average molecular weight is 354 g/mol. The van der Waals surface area contributed by atoms with Crippen LogP contribution in [0.25, 0.3) is 0 Å². The van der Waals surface area contributed by atoms with Gasteiger partial charge in [-0.2, -0.15) is 0 Å². The molecule has 0 radical (unpaired) electrons. The van der Waals surface area contributed by atoms with E-state index in [2.05, 4.69) is 10.3 Å². The summed E-state index contributed by atoms with van der Waals surface area (Å²) in [5.41, 5.74) is 0. The predicted molar refractivity (Wildman–Crippen MR) is 91.2 cm³/mol. The zero-order valence-electron chi connectivity index (χ0n) is 14.1. The third-order valence-corrected chi connectivity index (χ3v) is 7.39. The van der Waals surface area contributed by atoms with Crippen molar-refractivity contribution in [3.05, 3.63) is 18.2 Å². The molecule has 1 atom stereocenters. The molecular formula is C16H26N4O3S. The lowest BCUT2D eigenvalue weighted by Crippen LogP contribution is -2.49. The van der Waals surface area contributed by atoms with E-state index in [0.29, 0.717) is 13.1 Å². The molecule has 1 N–H and O–H groups in total. The molecule has 7 nitrogen and oxygen atoms in total. The van der Waals surface area contributed by atoms with Crippen LogP contribution in [-0.4, -0.2) is 59.4 Å². The summed E-state index contributed by atoms with van der Waals surface area (Å²) in [5, 5.41) is 3.05. The molecule has 1 saturated carbocycles. The molecule has 1 unspecified atom stereocenters. The van der Waals surface area contributed by atoms with Gasteiger partial charge < -0.3 is 14.8 Å². The Hall–Kier alpha value is -1.41. The molecule has 2 heterocycles. The summed E-state index contributed by atoms with van der Waals surface area (Å²) < 4.78 is 26.7. The Morgan fingerprint density at radius 2 is 2.12 bits per heavy atom. The minimum absolute atomic E-state index is 0.0340. The Kier molecular flexibility index (Phi) is 5.24. The first kappa shape index (κ1) is 17.4. The molecule has 0 bridgehead atoms. The first-order chi connectivity index (χ1) is 11.5. The second-order valence-corrected chi connectivity index (χ2v) is 9.13. The summed E-state index contributed by atoms with van der Waals surface area (Å²) >= 11 is 0. The smallest absolute Gasteiger partial charge is 0.224 e. The van der Waals surface area contributed by atoms with E-state index >= 15 is 0 Å². The van der Waals surface area contributed by atoms with Crippen molar-refractivity contribution >= 4 is 15.7 Å². The maximum Gasteiger partial charge on any atom is 0.224 e. The maximum atomic E-state index is 12.7. The molecule has 1 aromatic heterocycles. The van der Waals surface area contributed by atoms with Gasteiger partial charge in [0.15, 0.2) is 9.84 Å². The number of piperazine rings is 1. The molecule has 0 spiro atoms. The molecule has 24 heavy (non-hydrogen) atoms. The van der Waals surface area contributed by atoms with Crippen LogP contribution in [0.15, 0.2) is 12.4 Å². The van der Waals surface area contributed by atoms with Gasteiger partial charge in [0.05, 0.1) is 11.0 Å². The Bertz CT molecular complexity index is 679. The molecule has 0 aromatic carbocycles. The number of sulfone groups is 1. The average Bonchev–Trinajstić information content (AvgIpc) is 3.24. The van der Waals surface area contributed by atoms with Gasteiger partial charge in [0.2, 0.25) is 5.91 Å². The van der Waals surface area contributed by atoms with Gasteiger partial charge in [0.25, 0.3) is 0 Å². The van der Waals surface area contributed by atoms with Gasteiger partial charge in [0.1, 0.15) is 11.9 Å². The molecular weight excluding hydrogens is 328 g/mol. The Morgan fingerprint density at radius 1 is 1.38 bits per heavy atom. The van der Waals surface area contributed by atoms with Gasteiger partial charge in [0, 0.05) is 45.5 Å². The number of carbonyl (C=O) groups excluding carboxylic acids is 1. The number of aromatic nitrogens is 2. The van der Waals surface area contributed by atoms with Crippen molar-refractivity contribution in [2.45, 2.75) is 43.4 Å². The van der Waals surface area contributed by atoms with E-state index < -0.39 is 9.84 Å². The topological polar surface area (TPSA) is 84.3 Å². The number of imidazole rings is 1. The number of carbonyl (C=O) groups is 1. The highest BCUT2D eigenvalue weighted by Gasteiger charge is 2.33. The summed E-state index contributed by atoms with van der Waals surface area (Å²) in [6, 6.07) is -0.138. The van der Waals surface area contributed by atoms with Crippen LogP contribution >= 0.6 is 0 Å². The van der Waals surface area contributed by atoms with E-state index in [1.807, 2.05) is 17.8 Å². The van der Waals surface area contributed by atoms with Crippen LogP contribution in [0.5, 0.6) is 0 Å². The molecule has 1 aliphatic carbocycles.